The number of rotatable bonds is 6. The third-order valence-electron chi connectivity index (χ3n) is 6.16. The number of benzene rings is 2. The van der Waals surface area contributed by atoms with E-state index in [1.54, 1.807) is 12.1 Å². The summed E-state index contributed by atoms with van der Waals surface area (Å²) < 4.78 is 21.4. The smallest absolute Gasteiger partial charge is 0.230 e. The third-order valence-corrected chi connectivity index (χ3v) is 6.16. The van der Waals surface area contributed by atoms with Crippen LogP contribution in [0.3, 0.4) is 0 Å². The normalized spacial score (nSPS) is 14.6. The van der Waals surface area contributed by atoms with Crippen molar-refractivity contribution >= 4 is 11.1 Å². The Labute approximate surface area is 189 Å². The molecule has 1 N–H and O–H groups in total. The van der Waals surface area contributed by atoms with Crippen LogP contribution in [0.15, 0.2) is 77.6 Å². The second-order valence-electron chi connectivity index (χ2n) is 8.55. The van der Waals surface area contributed by atoms with Gasteiger partial charge >= 0.3 is 0 Å². The van der Waals surface area contributed by atoms with Crippen LogP contribution < -0.4 is 0 Å². The lowest BCUT2D eigenvalue weighted by atomic mass is 10.0. The van der Waals surface area contributed by atoms with Gasteiger partial charge in [0.05, 0.1) is 16.7 Å². The van der Waals surface area contributed by atoms with Crippen LogP contribution in [-0.2, 0) is 6.54 Å². The predicted octanol–water partition coefficient (Wildman–Crippen LogP) is 5.47. The average molecular weight is 440 g/mol. The highest BCUT2D eigenvalue weighted by Gasteiger charge is 2.39. The molecule has 33 heavy (non-hydrogen) atoms. The van der Waals surface area contributed by atoms with Crippen LogP contribution in [0.25, 0.3) is 44.9 Å². The molecular formula is C26H21FN4O2. The van der Waals surface area contributed by atoms with Crippen molar-refractivity contribution < 1.29 is 13.9 Å². The lowest BCUT2D eigenvalue weighted by Gasteiger charge is -2.06. The second kappa shape index (κ2) is 7.64. The SMILES string of the molecule is OC1(CCn2cc(-c3ncnc4oc(-c5ccccc5)cc34)c(-c3ccc(F)cc3)n2)CC1. The minimum Gasteiger partial charge on any atom is -0.438 e. The number of nitrogens with zero attached hydrogens (tertiary/aromatic N) is 4. The summed E-state index contributed by atoms with van der Waals surface area (Å²) in [6.45, 7) is 0.583. The van der Waals surface area contributed by atoms with Crippen LogP contribution in [0.1, 0.15) is 19.3 Å². The average Bonchev–Trinajstić information content (AvgIpc) is 3.24. The molecule has 6 rings (SSSR count). The number of halogens is 1. The van der Waals surface area contributed by atoms with E-state index in [1.165, 1.54) is 18.5 Å². The van der Waals surface area contributed by atoms with Crippen molar-refractivity contribution in [2.24, 2.45) is 0 Å². The van der Waals surface area contributed by atoms with E-state index in [0.717, 1.165) is 34.9 Å². The summed E-state index contributed by atoms with van der Waals surface area (Å²) in [5.74, 6) is 0.404. The number of hydrogen-bond acceptors (Lipinski definition) is 5. The molecule has 3 heterocycles. The van der Waals surface area contributed by atoms with E-state index in [2.05, 4.69) is 9.97 Å². The standard InChI is InChI=1S/C26H21FN4O2/c27-19-8-6-18(7-9-19)23-21(15-31(30-23)13-12-26(32)10-11-26)24-20-14-22(17-4-2-1-3-5-17)33-25(20)29-16-28-24/h1-9,14-16,32H,10-13H2. The molecule has 0 bridgehead atoms. The van der Waals surface area contributed by atoms with E-state index in [-0.39, 0.29) is 5.82 Å². The minimum atomic E-state index is -0.570. The molecule has 5 aromatic rings. The van der Waals surface area contributed by atoms with Gasteiger partial charge in [0, 0.05) is 29.4 Å². The summed E-state index contributed by atoms with van der Waals surface area (Å²) in [6, 6.07) is 18.0. The van der Waals surface area contributed by atoms with Crippen LogP contribution in [0.4, 0.5) is 4.39 Å². The fourth-order valence-electron chi connectivity index (χ4n) is 4.06. The van der Waals surface area contributed by atoms with Crippen molar-refractivity contribution in [1.29, 1.82) is 0 Å². The van der Waals surface area contributed by atoms with Gasteiger partial charge in [-0.05, 0) is 49.6 Å². The molecule has 0 atom stereocenters. The number of hydrogen-bond donors (Lipinski definition) is 1. The van der Waals surface area contributed by atoms with Gasteiger partial charge in [-0.15, -0.1) is 0 Å². The van der Waals surface area contributed by atoms with Crippen LogP contribution in [0, 0.1) is 5.82 Å². The maximum Gasteiger partial charge on any atom is 0.230 e. The third kappa shape index (κ3) is 3.81. The van der Waals surface area contributed by atoms with Gasteiger partial charge in [-0.25, -0.2) is 14.4 Å². The summed E-state index contributed by atoms with van der Waals surface area (Å²) >= 11 is 0. The number of fused-ring (bicyclic) bond motifs is 1. The zero-order valence-electron chi connectivity index (χ0n) is 17.8. The van der Waals surface area contributed by atoms with Crippen LogP contribution in [0.5, 0.6) is 0 Å². The maximum atomic E-state index is 13.6. The molecule has 1 fully saturated rings. The number of aliphatic hydroxyl groups is 1. The molecule has 2 aromatic carbocycles. The molecule has 0 spiro atoms. The van der Waals surface area contributed by atoms with Crippen molar-refractivity contribution in [3.8, 4) is 33.8 Å². The van der Waals surface area contributed by atoms with E-state index < -0.39 is 5.60 Å². The molecule has 6 nitrogen and oxygen atoms in total. The monoisotopic (exact) mass is 440 g/mol. The fraction of sp³-hybridized carbons (Fsp3) is 0.192. The van der Waals surface area contributed by atoms with Crippen molar-refractivity contribution in [2.75, 3.05) is 0 Å². The predicted molar refractivity (Wildman–Crippen MR) is 123 cm³/mol. The lowest BCUT2D eigenvalue weighted by Crippen LogP contribution is -2.11. The van der Waals surface area contributed by atoms with E-state index in [9.17, 15) is 9.50 Å². The summed E-state index contributed by atoms with van der Waals surface area (Å²) in [6.07, 6.45) is 5.71. The Morgan fingerprint density at radius 1 is 0.970 bits per heavy atom. The maximum absolute atomic E-state index is 13.6. The Bertz CT molecular complexity index is 1440. The molecule has 3 aromatic heterocycles. The Morgan fingerprint density at radius 2 is 1.76 bits per heavy atom. The van der Waals surface area contributed by atoms with Gasteiger partial charge in [-0.3, -0.25) is 4.68 Å². The molecule has 0 aliphatic heterocycles. The van der Waals surface area contributed by atoms with Crippen LogP contribution >= 0.6 is 0 Å². The van der Waals surface area contributed by atoms with Gasteiger partial charge in [-0.2, -0.15) is 5.10 Å². The van der Waals surface area contributed by atoms with E-state index >= 15 is 0 Å². The van der Waals surface area contributed by atoms with E-state index in [1.807, 2.05) is 47.3 Å². The molecule has 0 saturated heterocycles. The Balaban J connectivity index is 1.48. The van der Waals surface area contributed by atoms with Gasteiger partial charge in [-0.1, -0.05) is 30.3 Å². The fourth-order valence-corrected chi connectivity index (χ4v) is 4.06. The molecule has 0 amide bonds. The zero-order chi connectivity index (χ0) is 22.4. The highest BCUT2D eigenvalue weighted by Crippen LogP contribution is 2.40. The van der Waals surface area contributed by atoms with Gasteiger partial charge in [0.2, 0.25) is 5.71 Å². The summed E-state index contributed by atoms with van der Waals surface area (Å²) in [7, 11) is 0. The molecule has 0 radical (unpaired) electrons. The molecule has 7 heteroatoms. The molecule has 0 unspecified atom stereocenters. The molecule has 1 saturated carbocycles. The minimum absolute atomic E-state index is 0.303. The first-order chi connectivity index (χ1) is 16.1. The topological polar surface area (TPSA) is 77.0 Å². The van der Waals surface area contributed by atoms with Crippen LogP contribution in [0.2, 0.25) is 0 Å². The Morgan fingerprint density at radius 3 is 2.52 bits per heavy atom. The summed E-state index contributed by atoms with van der Waals surface area (Å²) in [5, 5.41) is 15.8. The van der Waals surface area contributed by atoms with E-state index in [4.69, 9.17) is 9.52 Å². The Kier molecular flexibility index (Phi) is 4.58. The van der Waals surface area contributed by atoms with Crippen molar-refractivity contribution in [3.63, 3.8) is 0 Å². The first kappa shape index (κ1) is 19.8. The molecule has 1 aliphatic rings. The lowest BCUT2D eigenvalue weighted by molar-refractivity contribution is 0.133. The summed E-state index contributed by atoms with van der Waals surface area (Å²) in [4.78, 5) is 8.90. The number of aromatic nitrogens is 4. The van der Waals surface area contributed by atoms with Gasteiger partial charge in [0.1, 0.15) is 23.6 Å². The van der Waals surface area contributed by atoms with Crippen molar-refractivity contribution in [3.05, 3.63) is 79.0 Å². The number of furan rings is 1. The molecule has 164 valence electrons. The summed E-state index contributed by atoms with van der Waals surface area (Å²) in [5.41, 5.74) is 3.85. The molecular weight excluding hydrogens is 419 g/mol. The molecule has 1 aliphatic carbocycles. The van der Waals surface area contributed by atoms with Crippen molar-refractivity contribution in [2.45, 2.75) is 31.4 Å². The van der Waals surface area contributed by atoms with Gasteiger partial charge in [0.25, 0.3) is 0 Å². The van der Waals surface area contributed by atoms with Gasteiger partial charge in [0.15, 0.2) is 0 Å². The highest BCUT2D eigenvalue weighted by atomic mass is 19.1. The van der Waals surface area contributed by atoms with E-state index in [0.29, 0.717) is 35.8 Å². The van der Waals surface area contributed by atoms with Crippen LogP contribution in [-0.4, -0.2) is 30.5 Å². The number of aryl methyl sites for hydroxylation is 1. The highest BCUT2D eigenvalue weighted by molar-refractivity contribution is 5.95. The zero-order valence-corrected chi connectivity index (χ0v) is 17.8. The largest absolute Gasteiger partial charge is 0.438 e. The first-order valence-corrected chi connectivity index (χ1v) is 10.9. The first-order valence-electron chi connectivity index (χ1n) is 10.9. The quantitative estimate of drug-likeness (QED) is 0.379. The van der Waals surface area contributed by atoms with Crippen molar-refractivity contribution in [1.82, 2.24) is 19.7 Å². The van der Waals surface area contributed by atoms with Gasteiger partial charge < -0.3 is 9.52 Å². The Hall–Kier alpha value is -3.84. The second-order valence-corrected chi connectivity index (χ2v) is 8.55.